The average Bonchev–Trinajstić information content (AvgIpc) is 3.07. The van der Waals surface area contributed by atoms with Crippen LogP contribution in [-0.2, 0) is 0 Å². The van der Waals surface area contributed by atoms with Crippen molar-refractivity contribution in [2.75, 3.05) is 20.6 Å². The van der Waals surface area contributed by atoms with E-state index in [9.17, 15) is 0 Å². The standard InChI is InChI=1S/C14H21NOS/c1-15(2)9-8-14(11-6-7-11)16-12-4-3-5-13(17)10-12/h3-5,10-11,14,17H,6-9H2,1-2H3. The molecule has 0 saturated heterocycles. The van der Waals surface area contributed by atoms with Crippen molar-refractivity contribution in [1.29, 1.82) is 0 Å². The SMILES string of the molecule is CN(C)CCC(Oc1cccc(S)c1)C1CC1. The van der Waals surface area contributed by atoms with Crippen LogP contribution in [0.25, 0.3) is 0 Å². The topological polar surface area (TPSA) is 12.5 Å². The van der Waals surface area contributed by atoms with Crippen LogP contribution in [0, 0.1) is 5.92 Å². The molecular weight excluding hydrogens is 230 g/mol. The van der Waals surface area contributed by atoms with Gasteiger partial charge in [0.05, 0.1) is 0 Å². The number of rotatable bonds is 6. The molecule has 0 aliphatic heterocycles. The number of ether oxygens (including phenoxy) is 1. The lowest BCUT2D eigenvalue weighted by molar-refractivity contribution is 0.155. The second kappa shape index (κ2) is 5.78. The molecule has 17 heavy (non-hydrogen) atoms. The maximum atomic E-state index is 6.09. The first-order chi connectivity index (χ1) is 8.15. The summed E-state index contributed by atoms with van der Waals surface area (Å²) in [6.07, 6.45) is 4.11. The molecule has 3 heteroatoms. The lowest BCUT2D eigenvalue weighted by Gasteiger charge is -2.21. The number of nitrogens with zero attached hydrogens (tertiary/aromatic N) is 1. The van der Waals surface area contributed by atoms with E-state index in [1.54, 1.807) is 0 Å². The molecule has 1 aliphatic carbocycles. The number of hydrogen-bond donors (Lipinski definition) is 1. The Balaban J connectivity index is 1.93. The van der Waals surface area contributed by atoms with Crippen LogP contribution in [0.3, 0.4) is 0 Å². The third-order valence-corrected chi connectivity index (χ3v) is 3.39. The molecule has 1 fully saturated rings. The number of thiol groups is 1. The van der Waals surface area contributed by atoms with E-state index in [1.165, 1.54) is 12.8 Å². The highest BCUT2D eigenvalue weighted by Gasteiger charge is 2.32. The Morgan fingerprint density at radius 3 is 2.76 bits per heavy atom. The molecule has 1 aromatic rings. The highest BCUT2D eigenvalue weighted by Crippen LogP contribution is 2.36. The monoisotopic (exact) mass is 251 g/mol. The molecule has 0 spiro atoms. The van der Waals surface area contributed by atoms with Gasteiger partial charge in [0.2, 0.25) is 0 Å². The fourth-order valence-electron chi connectivity index (χ4n) is 1.98. The highest BCUT2D eigenvalue weighted by molar-refractivity contribution is 7.80. The summed E-state index contributed by atoms with van der Waals surface area (Å²) in [5.74, 6) is 1.71. The molecule has 0 N–H and O–H groups in total. The molecule has 0 radical (unpaired) electrons. The summed E-state index contributed by atoms with van der Waals surface area (Å²) in [5, 5.41) is 0. The molecule has 94 valence electrons. The van der Waals surface area contributed by atoms with Crippen LogP contribution in [0.1, 0.15) is 19.3 Å². The van der Waals surface area contributed by atoms with E-state index in [-0.39, 0.29) is 0 Å². The van der Waals surface area contributed by atoms with E-state index >= 15 is 0 Å². The van der Waals surface area contributed by atoms with E-state index < -0.39 is 0 Å². The number of hydrogen-bond acceptors (Lipinski definition) is 3. The highest BCUT2D eigenvalue weighted by atomic mass is 32.1. The molecule has 1 aromatic carbocycles. The summed E-state index contributed by atoms with van der Waals surface area (Å²) in [7, 11) is 4.22. The second-order valence-corrected chi connectivity index (χ2v) is 5.60. The maximum absolute atomic E-state index is 6.09. The Morgan fingerprint density at radius 1 is 1.41 bits per heavy atom. The maximum Gasteiger partial charge on any atom is 0.120 e. The molecule has 2 rings (SSSR count). The Bertz CT molecular complexity index is 363. The van der Waals surface area contributed by atoms with Crippen molar-refractivity contribution >= 4 is 12.6 Å². The van der Waals surface area contributed by atoms with Crippen LogP contribution in [0.15, 0.2) is 29.2 Å². The quantitative estimate of drug-likeness (QED) is 0.780. The zero-order valence-electron chi connectivity index (χ0n) is 10.6. The van der Waals surface area contributed by atoms with Crippen LogP contribution in [0.4, 0.5) is 0 Å². The van der Waals surface area contributed by atoms with Gasteiger partial charge in [-0.2, -0.15) is 0 Å². The van der Waals surface area contributed by atoms with Crippen LogP contribution in [0.5, 0.6) is 5.75 Å². The third-order valence-electron chi connectivity index (χ3n) is 3.11. The zero-order valence-corrected chi connectivity index (χ0v) is 11.5. The molecule has 0 bridgehead atoms. The predicted molar refractivity (Wildman–Crippen MR) is 74.0 cm³/mol. The first-order valence-electron chi connectivity index (χ1n) is 6.25. The molecule has 0 aromatic heterocycles. The Labute approximate surface area is 109 Å². The van der Waals surface area contributed by atoms with E-state index in [2.05, 4.69) is 31.6 Å². The van der Waals surface area contributed by atoms with E-state index in [1.807, 2.05) is 24.3 Å². The molecular formula is C14H21NOS. The number of benzene rings is 1. The van der Waals surface area contributed by atoms with Crippen LogP contribution in [-0.4, -0.2) is 31.6 Å². The van der Waals surface area contributed by atoms with Gasteiger partial charge in [-0.3, -0.25) is 0 Å². The van der Waals surface area contributed by atoms with Crippen molar-refractivity contribution in [3.63, 3.8) is 0 Å². The van der Waals surface area contributed by atoms with Gasteiger partial charge in [0, 0.05) is 11.4 Å². The van der Waals surface area contributed by atoms with E-state index in [0.29, 0.717) is 6.10 Å². The molecule has 1 unspecified atom stereocenters. The van der Waals surface area contributed by atoms with Gasteiger partial charge in [-0.05, 0) is 57.5 Å². The van der Waals surface area contributed by atoms with Crippen LogP contribution < -0.4 is 4.74 Å². The van der Waals surface area contributed by atoms with Gasteiger partial charge in [-0.1, -0.05) is 6.07 Å². The minimum atomic E-state index is 0.368. The first-order valence-corrected chi connectivity index (χ1v) is 6.70. The van der Waals surface area contributed by atoms with Gasteiger partial charge >= 0.3 is 0 Å². The smallest absolute Gasteiger partial charge is 0.120 e. The van der Waals surface area contributed by atoms with Crippen molar-refractivity contribution in [3.8, 4) is 5.75 Å². The first kappa shape index (κ1) is 12.8. The third kappa shape index (κ3) is 4.25. The molecule has 0 amide bonds. The summed E-state index contributed by atoms with van der Waals surface area (Å²) in [5.41, 5.74) is 0. The summed E-state index contributed by atoms with van der Waals surface area (Å²) in [4.78, 5) is 3.18. The molecule has 0 heterocycles. The van der Waals surface area contributed by atoms with Gasteiger partial charge in [0.25, 0.3) is 0 Å². The predicted octanol–water partition coefficient (Wildman–Crippen LogP) is 3.08. The second-order valence-electron chi connectivity index (χ2n) is 5.08. The van der Waals surface area contributed by atoms with Gasteiger partial charge in [0.15, 0.2) is 0 Å². The van der Waals surface area contributed by atoms with Gasteiger partial charge in [0.1, 0.15) is 11.9 Å². The van der Waals surface area contributed by atoms with E-state index in [4.69, 9.17) is 4.74 Å². The van der Waals surface area contributed by atoms with Gasteiger partial charge in [-0.25, -0.2) is 0 Å². The normalized spacial score (nSPS) is 17.2. The Morgan fingerprint density at radius 2 is 2.18 bits per heavy atom. The summed E-state index contributed by atoms with van der Waals surface area (Å²) < 4.78 is 6.09. The van der Waals surface area contributed by atoms with Gasteiger partial charge in [-0.15, -0.1) is 12.6 Å². The van der Waals surface area contributed by atoms with Crippen molar-refractivity contribution in [3.05, 3.63) is 24.3 Å². The van der Waals surface area contributed by atoms with Crippen molar-refractivity contribution in [2.45, 2.75) is 30.3 Å². The van der Waals surface area contributed by atoms with Crippen LogP contribution in [0.2, 0.25) is 0 Å². The van der Waals surface area contributed by atoms with Crippen molar-refractivity contribution < 1.29 is 4.74 Å². The fraction of sp³-hybridized carbons (Fsp3) is 0.571. The van der Waals surface area contributed by atoms with Crippen molar-refractivity contribution in [2.24, 2.45) is 5.92 Å². The van der Waals surface area contributed by atoms with E-state index in [0.717, 1.165) is 29.5 Å². The minimum Gasteiger partial charge on any atom is -0.490 e. The summed E-state index contributed by atoms with van der Waals surface area (Å²) in [6, 6.07) is 7.98. The lowest BCUT2D eigenvalue weighted by atomic mass is 10.1. The average molecular weight is 251 g/mol. The fourth-order valence-corrected chi connectivity index (χ4v) is 2.19. The van der Waals surface area contributed by atoms with Gasteiger partial charge < -0.3 is 9.64 Å². The lowest BCUT2D eigenvalue weighted by Crippen LogP contribution is -2.25. The molecule has 1 atom stereocenters. The molecule has 1 aliphatic rings. The Hall–Kier alpha value is -0.670. The summed E-state index contributed by atoms with van der Waals surface area (Å²) >= 11 is 4.34. The Kier molecular flexibility index (Phi) is 4.35. The zero-order chi connectivity index (χ0) is 12.3. The largest absolute Gasteiger partial charge is 0.490 e. The summed E-state index contributed by atoms with van der Waals surface area (Å²) in [6.45, 7) is 1.09. The van der Waals surface area contributed by atoms with Crippen molar-refractivity contribution in [1.82, 2.24) is 4.90 Å². The molecule has 2 nitrogen and oxygen atoms in total. The minimum absolute atomic E-state index is 0.368. The molecule has 1 saturated carbocycles. The van der Waals surface area contributed by atoms with Crippen LogP contribution >= 0.6 is 12.6 Å².